The Morgan fingerprint density at radius 3 is 2.54 bits per heavy atom. The fourth-order valence-electron chi connectivity index (χ4n) is 5.54. The third-order valence-electron chi connectivity index (χ3n) is 7.42. The quantitative estimate of drug-likeness (QED) is 0.593. The molecule has 2 aromatic rings. The van der Waals surface area contributed by atoms with Gasteiger partial charge in [0.05, 0.1) is 9.09 Å². The molecule has 3 aliphatic rings. The Bertz CT molecular complexity index is 1140. The van der Waals surface area contributed by atoms with Crippen LogP contribution in [0.1, 0.15) is 81.6 Å². The highest BCUT2D eigenvalue weighted by Gasteiger charge is 2.37. The van der Waals surface area contributed by atoms with E-state index < -0.39 is 0 Å². The molecule has 0 spiro atoms. The summed E-state index contributed by atoms with van der Waals surface area (Å²) in [6.07, 6.45) is 9.60. The molecule has 0 aromatic carbocycles. The van der Waals surface area contributed by atoms with Gasteiger partial charge >= 0.3 is 6.03 Å². The summed E-state index contributed by atoms with van der Waals surface area (Å²) in [5.74, 6) is 0.325. The molecule has 1 saturated carbocycles. The van der Waals surface area contributed by atoms with E-state index in [4.69, 9.17) is 0 Å². The number of thiophene rings is 1. The van der Waals surface area contributed by atoms with Gasteiger partial charge in [0, 0.05) is 49.5 Å². The normalized spacial score (nSPS) is 20.8. The van der Waals surface area contributed by atoms with Crippen LogP contribution in [0, 0.1) is 5.41 Å². The van der Waals surface area contributed by atoms with Gasteiger partial charge in [-0.3, -0.25) is 9.59 Å². The second kappa shape index (κ2) is 9.73. The third-order valence-corrected chi connectivity index (χ3v) is 10.2. The lowest BCUT2D eigenvalue weighted by Gasteiger charge is -2.31. The van der Waals surface area contributed by atoms with Crippen molar-refractivity contribution in [1.29, 1.82) is 0 Å². The molecule has 2 aliphatic carbocycles. The lowest BCUT2D eigenvalue weighted by Crippen LogP contribution is -2.47. The molecule has 2 fully saturated rings. The van der Waals surface area contributed by atoms with Crippen LogP contribution in [0.5, 0.6) is 0 Å². The van der Waals surface area contributed by atoms with Crippen LogP contribution in [0.15, 0.2) is 16.5 Å². The largest absolute Gasteiger partial charge is 0.343 e. The Kier molecular flexibility index (Phi) is 6.83. The van der Waals surface area contributed by atoms with E-state index in [0.29, 0.717) is 24.8 Å². The standard InChI is InChI=1S/C26H34N4O3S2/c1-16(31)29-11-8-17(9-12-29)27-25(33)30-13-10-20(28-30)23-19-14-26(2,3)15-21(32)22(19)24(35-23)34-18-6-4-5-7-18/h10,13,17-18H,4-9,11-12,14-15H2,1-3H3,(H,27,33). The molecule has 9 heteroatoms. The van der Waals surface area contributed by atoms with Gasteiger partial charge in [0.15, 0.2) is 5.78 Å². The maximum absolute atomic E-state index is 13.2. The van der Waals surface area contributed by atoms with Gasteiger partial charge in [-0.2, -0.15) is 9.78 Å². The molecule has 0 bridgehead atoms. The van der Waals surface area contributed by atoms with Gasteiger partial charge in [-0.1, -0.05) is 26.7 Å². The van der Waals surface area contributed by atoms with E-state index in [0.717, 1.165) is 45.2 Å². The Labute approximate surface area is 215 Å². The number of aromatic nitrogens is 2. The number of nitrogens with one attached hydrogen (secondary N) is 1. The van der Waals surface area contributed by atoms with Crippen LogP contribution < -0.4 is 5.32 Å². The first-order valence-corrected chi connectivity index (χ1v) is 14.4. The van der Waals surface area contributed by atoms with Gasteiger partial charge in [-0.25, -0.2) is 4.79 Å². The van der Waals surface area contributed by atoms with Crippen molar-refractivity contribution in [2.75, 3.05) is 13.1 Å². The first kappa shape index (κ1) is 24.6. The van der Waals surface area contributed by atoms with E-state index in [1.807, 2.05) is 22.7 Å². The molecule has 0 atom stereocenters. The van der Waals surface area contributed by atoms with Crippen LogP contribution in [0.4, 0.5) is 4.79 Å². The van der Waals surface area contributed by atoms with E-state index in [1.54, 1.807) is 24.5 Å². The van der Waals surface area contributed by atoms with Gasteiger partial charge in [0.25, 0.3) is 0 Å². The molecule has 35 heavy (non-hydrogen) atoms. The number of hydrogen-bond donors (Lipinski definition) is 1. The van der Waals surface area contributed by atoms with Crippen molar-refractivity contribution >= 4 is 40.8 Å². The maximum atomic E-state index is 13.2. The molecule has 7 nitrogen and oxygen atoms in total. The summed E-state index contributed by atoms with van der Waals surface area (Å²) in [5.41, 5.74) is 2.71. The summed E-state index contributed by atoms with van der Waals surface area (Å²) < 4.78 is 2.51. The Hall–Kier alpha value is -2.13. The Morgan fingerprint density at radius 1 is 1.14 bits per heavy atom. The summed E-state index contributed by atoms with van der Waals surface area (Å²) >= 11 is 3.56. The van der Waals surface area contributed by atoms with E-state index in [-0.39, 0.29) is 29.2 Å². The molecule has 188 valence electrons. The van der Waals surface area contributed by atoms with Gasteiger partial charge in [-0.05, 0) is 49.1 Å². The number of piperidine rings is 1. The van der Waals surface area contributed by atoms with Crippen molar-refractivity contribution in [3.8, 4) is 10.6 Å². The molecular formula is C26H34N4O3S2. The van der Waals surface area contributed by atoms with E-state index >= 15 is 0 Å². The highest BCUT2D eigenvalue weighted by Crippen LogP contribution is 2.50. The van der Waals surface area contributed by atoms with Crippen molar-refractivity contribution in [3.05, 3.63) is 23.4 Å². The van der Waals surface area contributed by atoms with Gasteiger partial charge in [-0.15, -0.1) is 23.1 Å². The summed E-state index contributed by atoms with van der Waals surface area (Å²) in [6, 6.07) is 1.67. The highest BCUT2D eigenvalue weighted by molar-refractivity contribution is 8.01. The number of nitrogens with zero attached hydrogens (tertiary/aromatic N) is 3. The summed E-state index contributed by atoms with van der Waals surface area (Å²) in [6.45, 7) is 7.22. The molecule has 2 amide bonds. The van der Waals surface area contributed by atoms with Gasteiger partial charge in [0.2, 0.25) is 5.91 Å². The van der Waals surface area contributed by atoms with Crippen LogP contribution in [-0.2, 0) is 11.2 Å². The van der Waals surface area contributed by atoms with Crippen LogP contribution in [0.25, 0.3) is 10.6 Å². The second-order valence-electron chi connectivity index (χ2n) is 10.9. The van der Waals surface area contributed by atoms with Crippen molar-refractivity contribution in [3.63, 3.8) is 0 Å². The van der Waals surface area contributed by atoms with Gasteiger partial charge in [0.1, 0.15) is 5.69 Å². The molecular weight excluding hydrogens is 480 g/mol. The molecule has 1 saturated heterocycles. The summed E-state index contributed by atoms with van der Waals surface area (Å²) in [7, 11) is 0. The fourth-order valence-corrected chi connectivity index (χ4v) is 8.65. The molecule has 1 aliphatic heterocycles. The number of rotatable bonds is 4. The van der Waals surface area contributed by atoms with E-state index in [9.17, 15) is 14.4 Å². The number of thioether (sulfide) groups is 1. The van der Waals surface area contributed by atoms with Crippen LogP contribution in [-0.4, -0.2) is 56.8 Å². The number of carbonyl (C=O) groups excluding carboxylic acids is 3. The number of likely N-dealkylation sites (tertiary alicyclic amines) is 1. The average Bonchev–Trinajstić information content (AvgIpc) is 3.54. The lowest BCUT2D eigenvalue weighted by molar-refractivity contribution is -0.129. The monoisotopic (exact) mass is 514 g/mol. The first-order valence-electron chi connectivity index (χ1n) is 12.7. The predicted octanol–water partition coefficient (Wildman–Crippen LogP) is 5.37. The summed E-state index contributed by atoms with van der Waals surface area (Å²) in [4.78, 5) is 40.5. The minimum absolute atomic E-state index is 0.0353. The minimum Gasteiger partial charge on any atom is -0.343 e. The van der Waals surface area contributed by atoms with Gasteiger partial charge < -0.3 is 10.2 Å². The van der Waals surface area contributed by atoms with Crippen molar-refractivity contribution < 1.29 is 14.4 Å². The second-order valence-corrected chi connectivity index (χ2v) is 13.5. The number of fused-ring (bicyclic) bond motifs is 1. The molecule has 3 heterocycles. The van der Waals surface area contributed by atoms with E-state index in [2.05, 4.69) is 24.3 Å². The molecule has 0 unspecified atom stereocenters. The minimum atomic E-state index is -0.250. The van der Waals surface area contributed by atoms with Crippen molar-refractivity contribution in [2.45, 2.75) is 87.6 Å². The van der Waals surface area contributed by atoms with Crippen LogP contribution in [0.2, 0.25) is 0 Å². The number of ketones is 1. The predicted molar refractivity (Wildman–Crippen MR) is 139 cm³/mol. The fraction of sp³-hybridized carbons (Fsp3) is 0.615. The third kappa shape index (κ3) is 5.21. The van der Waals surface area contributed by atoms with E-state index in [1.165, 1.54) is 30.4 Å². The van der Waals surface area contributed by atoms with Crippen LogP contribution >= 0.6 is 23.1 Å². The van der Waals surface area contributed by atoms with Crippen molar-refractivity contribution in [2.24, 2.45) is 5.41 Å². The zero-order chi connectivity index (χ0) is 24.7. The lowest BCUT2D eigenvalue weighted by atomic mass is 9.74. The summed E-state index contributed by atoms with van der Waals surface area (Å²) in [5, 5.41) is 8.30. The molecule has 5 rings (SSSR count). The number of amides is 2. The number of hydrogen-bond acceptors (Lipinski definition) is 6. The Morgan fingerprint density at radius 2 is 1.86 bits per heavy atom. The maximum Gasteiger partial charge on any atom is 0.342 e. The van der Waals surface area contributed by atoms with Crippen molar-refractivity contribution in [1.82, 2.24) is 20.0 Å². The zero-order valence-corrected chi connectivity index (χ0v) is 22.4. The smallest absolute Gasteiger partial charge is 0.342 e. The highest BCUT2D eigenvalue weighted by atomic mass is 32.2. The molecule has 0 radical (unpaired) electrons. The van der Waals surface area contributed by atoms with Crippen LogP contribution in [0.3, 0.4) is 0 Å². The zero-order valence-electron chi connectivity index (χ0n) is 20.8. The molecule has 2 aromatic heterocycles. The first-order chi connectivity index (χ1) is 16.7. The SMILES string of the molecule is CC(=O)N1CCC(NC(=O)n2ccc(-c3sc(SC4CCCC4)c4c3CC(C)(C)CC4=O)n2)CC1. The Balaban J connectivity index is 1.36. The number of Topliss-reactive ketones (excluding diaryl/α,β-unsaturated/α-hetero) is 1. The average molecular weight is 515 g/mol. The molecule has 1 N–H and O–H groups in total. The number of carbonyl (C=O) groups is 3. The topological polar surface area (TPSA) is 84.3 Å².